The summed E-state index contributed by atoms with van der Waals surface area (Å²) in [5.74, 6) is 6.93. The molecule has 0 saturated heterocycles. The molecule has 0 aliphatic carbocycles. The maximum Gasteiger partial charge on any atom is 0.133 e. The van der Waals surface area contributed by atoms with Gasteiger partial charge in [0.05, 0.1) is 3.57 Å². The Morgan fingerprint density at radius 1 is 1.21 bits per heavy atom. The Labute approximate surface area is 135 Å². The molecule has 0 aliphatic heterocycles. The normalized spacial score (nSPS) is 9.63. The third-order valence-corrected chi connectivity index (χ3v) is 3.93. The molecule has 96 valence electrons. The SMILES string of the molecule is CC#Cc1ccc(Br)cc1COc1ccccc1I. The second kappa shape index (κ2) is 6.97. The Morgan fingerprint density at radius 2 is 2.00 bits per heavy atom. The number of hydrogen-bond donors (Lipinski definition) is 0. The van der Waals surface area contributed by atoms with Crippen LogP contribution in [0.1, 0.15) is 18.1 Å². The van der Waals surface area contributed by atoms with Crippen LogP contribution in [-0.2, 0) is 6.61 Å². The highest BCUT2D eigenvalue weighted by Crippen LogP contribution is 2.23. The van der Waals surface area contributed by atoms with Gasteiger partial charge in [0.1, 0.15) is 12.4 Å². The highest BCUT2D eigenvalue weighted by atomic mass is 127. The van der Waals surface area contributed by atoms with Crippen molar-refractivity contribution in [2.75, 3.05) is 0 Å². The predicted molar refractivity (Wildman–Crippen MR) is 90.2 cm³/mol. The van der Waals surface area contributed by atoms with Crippen LogP contribution in [0.15, 0.2) is 46.9 Å². The standard InChI is InChI=1S/C16H12BrIO/c1-2-5-12-8-9-14(17)10-13(12)11-19-16-7-4-3-6-15(16)18/h3-4,6-10H,11H2,1H3. The summed E-state index contributed by atoms with van der Waals surface area (Å²) < 4.78 is 8.02. The smallest absolute Gasteiger partial charge is 0.133 e. The van der Waals surface area contributed by atoms with Crippen LogP contribution in [0.5, 0.6) is 5.75 Å². The van der Waals surface area contributed by atoms with E-state index in [0.717, 1.165) is 24.9 Å². The molecule has 2 aromatic rings. The number of benzene rings is 2. The van der Waals surface area contributed by atoms with Gasteiger partial charge in [-0.1, -0.05) is 34.0 Å². The molecule has 0 heterocycles. The Kier molecular flexibility index (Phi) is 5.29. The van der Waals surface area contributed by atoms with Crippen LogP contribution in [0.4, 0.5) is 0 Å². The lowest BCUT2D eigenvalue weighted by Gasteiger charge is -2.10. The van der Waals surface area contributed by atoms with Gasteiger partial charge in [-0.3, -0.25) is 0 Å². The summed E-state index contributed by atoms with van der Waals surface area (Å²) in [6.45, 7) is 2.36. The second-order valence-corrected chi connectivity index (χ2v) is 5.97. The zero-order valence-corrected chi connectivity index (χ0v) is 14.2. The number of para-hydroxylation sites is 1. The summed E-state index contributed by atoms with van der Waals surface area (Å²) in [6.07, 6.45) is 0. The number of rotatable bonds is 3. The molecule has 0 bridgehead atoms. The number of halogens is 2. The third kappa shape index (κ3) is 3.99. The molecule has 3 heteroatoms. The van der Waals surface area contributed by atoms with E-state index < -0.39 is 0 Å². The summed E-state index contributed by atoms with van der Waals surface area (Å²) >= 11 is 5.76. The maximum absolute atomic E-state index is 5.87. The minimum absolute atomic E-state index is 0.517. The minimum Gasteiger partial charge on any atom is -0.488 e. The van der Waals surface area contributed by atoms with Crippen molar-refractivity contribution in [3.63, 3.8) is 0 Å². The lowest BCUT2D eigenvalue weighted by Crippen LogP contribution is -1.99. The van der Waals surface area contributed by atoms with Gasteiger partial charge in [0.2, 0.25) is 0 Å². The zero-order chi connectivity index (χ0) is 13.7. The van der Waals surface area contributed by atoms with E-state index in [1.807, 2.05) is 43.3 Å². The molecule has 0 fully saturated rings. The van der Waals surface area contributed by atoms with E-state index in [-0.39, 0.29) is 0 Å². The van der Waals surface area contributed by atoms with E-state index in [4.69, 9.17) is 4.74 Å². The first-order valence-corrected chi connectivity index (χ1v) is 7.66. The number of hydrogen-bond acceptors (Lipinski definition) is 1. The largest absolute Gasteiger partial charge is 0.488 e. The van der Waals surface area contributed by atoms with Gasteiger partial charge in [0.25, 0.3) is 0 Å². The molecule has 19 heavy (non-hydrogen) atoms. The maximum atomic E-state index is 5.87. The molecule has 0 aliphatic rings. The fourth-order valence-electron chi connectivity index (χ4n) is 1.66. The Bertz CT molecular complexity index is 641. The van der Waals surface area contributed by atoms with E-state index in [2.05, 4.69) is 56.4 Å². The van der Waals surface area contributed by atoms with E-state index in [9.17, 15) is 0 Å². The first-order valence-electron chi connectivity index (χ1n) is 5.79. The average Bonchev–Trinajstić information content (AvgIpc) is 2.41. The van der Waals surface area contributed by atoms with E-state index in [1.54, 1.807) is 0 Å². The van der Waals surface area contributed by atoms with Gasteiger partial charge in [0.15, 0.2) is 0 Å². The van der Waals surface area contributed by atoms with Crippen molar-refractivity contribution in [3.8, 4) is 17.6 Å². The quantitative estimate of drug-likeness (QED) is 0.495. The molecule has 2 aromatic carbocycles. The molecule has 0 amide bonds. The Morgan fingerprint density at radius 3 is 2.74 bits per heavy atom. The van der Waals surface area contributed by atoms with Crippen LogP contribution < -0.4 is 4.74 Å². The lowest BCUT2D eigenvalue weighted by molar-refractivity contribution is 0.303. The summed E-state index contributed by atoms with van der Waals surface area (Å²) in [7, 11) is 0. The van der Waals surface area contributed by atoms with Gasteiger partial charge in [-0.25, -0.2) is 0 Å². The van der Waals surface area contributed by atoms with Crippen LogP contribution >= 0.6 is 38.5 Å². The van der Waals surface area contributed by atoms with Gasteiger partial charge in [-0.05, 0) is 59.8 Å². The minimum atomic E-state index is 0.517. The van der Waals surface area contributed by atoms with E-state index in [1.165, 1.54) is 0 Å². The van der Waals surface area contributed by atoms with Crippen molar-refractivity contribution >= 4 is 38.5 Å². The molecule has 0 spiro atoms. The third-order valence-electron chi connectivity index (χ3n) is 2.55. The predicted octanol–water partition coefficient (Wildman–Crippen LogP) is 5.00. The molecule has 0 unspecified atom stereocenters. The fraction of sp³-hybridized carbons (Fsp3) is 0.125. The molecule has 2 rings (SSSR count). The first kappa shape index (κ1) is 14.4. The molecular formula is C16H12BrIO. The fourth-order valence-corrected chi connectivity index (χ4v) is 2.61. The topological polar surface area (TPSA) is 9.23 Å². The highest BCUT2D eigenvalue weighted by molar-refractivity contribution is 14.1. The molecule has 1 nitrogen and oxygen atoms in total. The van der Waals surface area contributed by atoms with E-state index in [0.29, 0.717) is 6.61 Å². The summed E-state index contributed by atoms with van der Waals surface area (Å²) in [6, 6.07) is 14.0. The monoisotopic (exact) mass is 426 g/mol. The molecule has 0 aromatic heterocycles. The van der Waals surface area contributed by atoms with Crippen molar-refractivity contribution in [1.29, 1.82) is 0 Å². The van der Waals surface area contributed by atoms with Crippen molar-refractivity contribution in [1.82, 2.24) is 0 Å². The van der Waals surface area contributed by atoms with Gasteiger partial charge in [0, 0.05) is 15.6 Å². The molecule has 0 N–H and O–H groups in total. The van der Waals surface area contributed by atoms with Crippen LogP contribution in [0.3, 0.4) is 0 Å². The molecule has 0 atom stereocenters. The summed E-state index contributed by atoms with van der Waals surface area (Å²) in [5.41, 5.74) is 2.10. The number of ether oxygens (including phenoxy) is 1. The van der Waals surface area contributed by atoms with Gasteiger partial charge in [-0.2, -0.15) is 0 Å². The first-order chi connectivity index (χ1) is 9.20. The second-order valence-electron chi connectivity index (χ2n) is 3.90. The zero-order valence-electron chi connectivity index (χ0n) is 10.4. The van der Waals surface area contributed by atoms with Crippen LogP contribution in [-0.4, -0.2) is 0 Å². The van der Waals surface area contributed by atoms with E-state index >= 15 is 0 Å². The Hall–Kier alpha value is -0.990. The lowest BCUT2D eigenvalue weighted by atomic mass is 10.1. The van der Waals surface area contributed by atoms with Crippen LogP contribution in [0.25, 0.3) is 0 Å². The van der Waals surface area contributed by atoms with Gasteiger partial charge < -0.3 is 4.74 Å². The van der Waals surface area contributed by atoms with Gasteiger partial charge in [-0.15, -0.1) is 5.92 Å². The molecule has 0 saturated carbocycles. The van der Waals surface area contributed by atoms with Crippen molar-refractivity contribution in [3.05, 3.63) is 61.6 Å². The van der Waals surface area contributed by atoms with Crippen LogP contribution in [0, 0.1) is 15.4 Å². The molecule has 0 radical (unpaired) electrons. The highest BCUT2D eigenvalue weighted by Gasteiger charge is 2.04. The van der Waals surface area contributed by atoms with Crippen molar-refractivity contribution in [2.45, 2.75) is 13.5 Å². The van der Waals surface area contributed by atoms with Crippen molar-refractivity contribution < 1.29 is 4.74 Å². The average molecular weight is 427 g/mol. The van der Waals surface area contributed by atoms with Gasteiger partial charge >= 0.3 is 0 Å². The Balaban J connectivity index is 2.21. The molecular weight excluding hydrogens is 415 g/mol. The summed E-state index contributed by atoms with van der Waals surface area (Å²) in [5, 5.41) is 0. The van der Waals surface area contributed by atoms with Crippen molar-refractivity contribution in [2.24, 2.45) is 0 Å². The summed E-state index contributed by atoms with van der Waals surface area (Å²) in [4.78, 5) is 0. The van der Waals surface area contributed by atoms with Crippen LogP contribution in [0.2, 0.25) is 0 Å².